The van der Waals surface area contributed by atoms with E-state index in [-0.39, 0.29) is 24.2 Å². The van der Waals surface area contributed by atoms with E-state index in [1.807, 2.05) is 0 Å². The third kappa shape index (κ3) is 2.66. The first-order valence-electron chi connectivity index (χ1n) is 6.84. The zero-order valence-electron chi connectivity index (χ0n) is 11.9. The van der Waals surface area contributed by atoms with Crippen LogP contribution in [-0.4, -0.2) is 42.6 Å². The Morgan fingerprint density at radius 1 is 1.39 bits per heavy atom. The summed E-state index contributed by atoms with van der Waals surface area (Å²) in [5, 5.41) is 7.17. The molecule has 1 aliphatic rings. The molecule has 0 N–H and O–H groups in total. The second-order valence-corrected chi connectivity index (χ2v) is 5.31. The summed E-state index contributed by atoms with van der Waals surface area (Å²) in [6, 6.07) is 0. The molecule has 0 bridgehead atoms. The van der Waals surface area contributed by atoms with Gasteiger partial charge in [-0.2, -0.15) is 17.9 Å². The Morgan fingerprint density at radius 2 is 2.13 bits per heavy atom. The molecular formula is C12H12F3N5O3. The lowest BCUT2D eigenvalue weighted by atomic mass is 10.1. The molecule has 0 aromatic carbocycles. The van der Waals surface area contributed by atoms with Gasteiger partial charge in [0.2, 0.25) is 0 Å². The largest absolute Gasteiger partial charge is 0.457 e. The van der Waals surface area contributed by atoms with Crippen LogP contribution >= 0.6 is 0 Å². The Bertz CT molecular complexity index is 812. The molecule has 0 spiro atoms. The van der Waals surface area contributed by atoms with E-state index < -0.39 is 29.9 Å². The molecule has 2 unspecified atom stereocenters. The second-order valence-electron chi connectivity index (χ2n) is 5.31. The van der Waals surface area contributed by atoms with Gasteiger partial charge in [0.05, 0.1) is 5.92 Å². The molecule has 1 aliphatic carbocycles. The highest BCUT2D eigenvalue weighted by Gasteiger charge is 2.49. The van der Waals surface area contributed by atoms with Crippen LogP contribution in [0.5, 0.6) is 0 Å². The van der Waals surface area contributed by atoms with Crippen LogP contribution in [0, 0.1) is 5.92 Å². The molecule has 1 fully saturated rings. The van der Waals surface area contributed by atoms with Gasteiger partial charge in [0.1, 0.15) is 12.4 Å². The van der Waals surface area contributed by atoms with Gasteiger partial charge in [-0.25, -0.2) is 19.0 Å². The van der Waals surface area contributed by atoms with Crippen molar-refractivity contribution in [3.63, 3.8) is 0 Å². The van der Waals surface area contributed by atoms with Crippen LogP contribution in [-0.2, 0) is 11.8 Å². The van der Waals surface area contributed by atoms with Gasteiger partial charge in [-0.1, -0.05) is 5.21 Å². The summed E-state index contributed by atoms with van der Waals surface area (Å²) in [6.45, 7) is 0. The number of esters is 1. The zero-order chi connectivity index (χ0) is 16.8. The molecule has 11 heteroatoms. The van der Waals surface area contributed by atoms with Gasteiger partial charge >= 0.3 is 17.8 Å². The number of ether oxygens (including phenoxy) is 1. The lowest BCUT2D eigenvalue weighted by molar-refractivity contribution is -0.192. The number of nitrogens with zero attached hydrogens (tertiary/aromatic N) is 5. The maximum absolute atomic E-state index is 12.9. The monoisotopic (exact) mass is 331 g/mol. The fourth-order valence-electron chi connectivity index (χ4n) is 2.66. The highest BCUT2D eigenvalue weighted by molar-refractivity contribution is 5.93. The minimum absolute atomic E-state index is 0.0776. The molecule has 0 amide bonds. The second kappa shape index (κ2) is 5.32. The van der Waals surface area contributed by atoms with Crippen molar-refractivity contribution < 1.29 is 22.7 Å². The average molecular weight is 331 g/mol. The molecule has 124 valence electrons. The summed E-state index contributed by atoms with van der Waals surface area (Å²) in [6.07, 6.45) is -4.24. The molecule has 0 radical (unpaired) electrons. The first kappa shape index (κ1) is 15.4. The smallest absolute Gasteiger partial charge is 0.395 e. The Kier molecular flexibility index (Phi) is 3.57. The standard InChI is InChI=1S/C12H12F3N5O3/c1-19-11(22)20-5-16-8(9(20)17-18-19)10(21)23-7-4-2-3-6(7)12(13,14)15/h5-7H,2-4H2,1H3. The first-order valence-corrected chi connectivity index (χ1v) is 6.84. The minimum atomic E-state index is -4.42. The molecule has 2 heterocycles. The van der Waals surface area contributed by atoms with Crippen LogP contribution in [0.3, 0.4) is 0 Å². The van der Waals surface area contributed by atoms with Crippen molar-refractivity contribution in [2.45, 2.75) is 31.5 Å². The molecule has 1 saturated carbocycles. The summed E-state index contributed by atoms with van der Waals surface area (Å²) >= 11 is 0. The fourth-order valence-corrected chi connectivity index (χ4v) is 2.66. The van der Waals surface area contributed by atoms with Gasteiger partial charge in [0.15, 0.2) is 11.3 Å². The number of hydrogen-bond acceptors (Lipinski definition) is 6. The van der Waals surface area contributed by atoms with Crippen molar-refractivity contribution in [3.05, 3.63) is 22.5 Å². The number of halogens is 3. The first-order chi connectivity index (χ1) is 10.8. The van der Waals surface area contributed by atoms with Crippen molar-refractivity contribution in [1.29, 1.82) is 0 Å². The predicted molar refractivity (Wildman–Crippen MR) is 68.6 cm³/mol. The van der Waals surface area contributed by atoms with Crippen LogP contribution in [0.25, 0.3) is 5.65 Å². The number of rotatable bonds is 2. The van der Waals surface area contributed by atoms with E-state index >= 15 is 0 Å². The van der Waals surface area contributed by atoms with E-state index in [1.165, 1.54) is 7.05 Å². The van der Waals surface area contributed by atoms with Gasteiger partial charge in [-0.05, 0) is 19.3 Å². The summed E-state index contributed by atoms with van der Waals surface area (Å²) in [7, 11) is 1.36. The van der Waals surface area contributed by atoms with E-state index in [0.717, 1.165) is 15.4 Å². The molecule has 8 nitrogen and oxygen atoms in total. The lowest BCUT2D eigenvalue weighted by Gasteiger charge is -2.21. The van der Waals surface area contributed by atoms with Crippen molar-refractivity contribution in [3.8, 4) is 0 Å². The van der Waals surface area contributed by atoms with Crippen molar-refractivity contribution in [2.75, 3.05) is 0 Å². The highest BCUT2D eigenvalue weighted by Crippen LogP contribution is 2.40. The highest BCUT2D eigenvalue weighted by atomic mass is 19.4. The quantitative estimate of drug-likeness (QED) is 0.753. The van der Waals surface area contributed by atoms with Gasteiger partial charge in [0.25, 0.3) is 0 Å². The SMILES string of the molecule is Cn1nnc2c(C(=O)OC3CCCC3C(F)(F)F)ncn2c1=O. The summed E-state index contributed by atoms with van der Waals surface area (Å²) < 4.78 is 45.5. The van der Waals surface area contributed by atoms with Crippen LogP contribution in [0.2, 0.25) is 0 Å². The van der Waals surface area contributed by atoms with Crippen LogP contribution in [0.1, 0.15) is 29.8 Å². The number of alkyl halides is 3. The zero-order valence-corrected chi connectivity index (χ0v) is 11.9. The molecular weight excluding hydrogens is 319 g/mol. The van der Waals surface area contributed by atoms with Crippen molar-refractivity contribution in [1.82, 2.24) is 24.4 Å². The maximum atomic E-state index is 12.9. The molecule has 2 aromatic rings. The van der Waals surface area contributed by atoms with E-state index in [4.69, 9.17) is 4.74 Å². The van der Waals surface area contributed by atoms with E-state index in [1.54, 1.807) is 0 Å². The third-order valence-electron chi connectivity index (χ3n) is 3.82. The number of aryl methyl sites for hydroxylation is 1. The number of aromatic nitrogens is 5. The lowest BCUT2D eigenvalue weighted by Crippen LogP contribution is -2.33. The fraction of sp³-hybridized carbons (Fsp3) is 0.583. The number of imidazole rings is 1. The van der Waals surface area contributed by atoms with E-state index in [2.05, 4.69) is 15.3 Å². The maximum Gasteiger partial charge on any atom is 0.395 e. The number of carbonyl (C=O) groups is 1. The van der Waals surface area contributed by atoms with Gasteiger partial charge in [-0.3, -0.25) is 0 Å². The Hall–Kier alpha value is -2.46. The summed E-state index contributed by atoms with van der Waals surface area (Å²) in [5.74, 6) is -2.73. The van der Waals surface area contributed by atoms with Crippen LogP contribution in [0.15, 0.2) is 11.1 Å². The molecule has 3 rings (SSSR count). The van der Waals surface area contributed by atoms with Crippen molar-refractivity contribution in [2.24, 2.45) is 13.0 Å². The predicted octanol–water partition coefficient (Wildman–Crippen LogP) is 0.711. The molecule has 2 aromatic heterocycles. The number of hydrogen-bond donors (Lipinski definition) is 0. The van der Waals surface area contributed by atoms with Gasteiger partial charge in [-0.15, -0.1) is 5.10 Å². The Morgan fingerprint density at radius 3 is 2.83 bits per heavy atom. The molecule has 0 saturated heterocycles. The average Bonchev–Trinajstić information content (AvgIpc) is 3.08. The normalized spacial score (nSPS) is 21.7. The topological polar surface area (TPSA) is 91.4 Å². The van der Waals surface area contributed by atoms with Gasteiger partial charge < -0.3 is 4.74 Å². The van der Waals surface area contributed by atoms with Crippen LogP contribution < -0.4 is 5.69 Å². The van der Waals surface area contributed by atoms with E-state index in [9.17, 15) is 22.8 Å². The Balaban J connectivity index is 1.87. The number of fused-ring (bicyclic) bond motifs is 1. The molecule has 0 aliphatic heterocycles. The minimum Gasteiger partial charge on any atom is -0.457 e. The summed E-state index contributed by atoms with van der Waals surface area (Å²) in [5.41, 5.74) is -1.07. The van der Waals surface area contributed by atoms with Crippen molar-refractivity contribution >= 4 is 11.6 Å². The van der Waals surface area contributed by atoms with Crippen LogP contribution in [0.4, 0.5) is 13.2 Å². The van der Waals surface area contributed by atoms with Gasteiger partial charge in [0, 0.05) is 7.05 Å². The number of carbonyl (C=O) groups excluding carboxylic acids is 1. The molecule has 23 heavy (non-hydrogen) atoms. The summed E-state index contributed by atoms with van der Waals surface area (Å²) in [4.78, 5) is 27.6. The third-order valence-corrected chi connectivity index (χ3v) is 3.82. The Labute approximate surface area is 126 Å². The molecule has 2 atom stereocenters. The van der Waals surface area contributed by atoms with E-state index in [0.29, 0.717) is 6.42 Å².